The molecule has 0 radical (unpaired) electrons. The molecule has 0 bridgehead atoms. The Balaban J connectivity index is 1.57. The van der Waals surface area contributed by atoms with Crippen molar-refractivity contribution in [3.8, 4) is 0 Å². The number of carbonyl (C=O) groups excluding carboxylic acids is 1. The fraction of sp³-hybridized carbons (Fsp3) is 0.438. The monoisotopic (exact) mass is 469 g/mol. The molecule has 0 saturated carbocycles. The van der Waals surface area contributed by atoms with Crippen LogP contribution < -0.4 is 4.90 Å². The maximum Gasteiger partial charge on any atom is 0.209 e. The van der Waals surface area contributed by atoms with Gasteiger partial charge in [0.2, 0.25) is 5.69 Å². The highest BCUT2D eigenvalue weighted by Crippen LogP contribution is 2.47. The van der Waals surface area contributed by atoms with Gasteiger partial charge in [-0.05, 0) is 51.3 Å². The summed E-state index contributed by atoms with van der Waals surface area (Å²) in [5, 5.41) is 0. The van der Waals surface area contributed by atoms with E-state index in [0.29, 0.717) is 12.2 Å². The molecule has 0 N–H and O–H groups in total. The lowest BCUT2D eigenvalue weighted by Crippen LogP contribution is -2.27. The molecular formula is C32H41N2O+. The van der Waals surface area contributed by atoms with Crippen LogP contribution in [-0.4, -0.2) is 29.7 Å². The summed E-state index contributed by atoms with van der Waals surface area (Å²) >= 11 is 0. The second-order valence-corrected chi connectivity index (χ2v) is 11.2. The van der Waals surface area contributed by atoms with E-state index in [1.165, 1.54) is 33.9 Å². The molecule has 0 aromatic heterocycles. The topological polar surface area (TPSA) is 23.3 Å². The van der Waals surface area contributed by atoms with Gasteiger partial charge in [0.05, 0.1) is 5.41 Å². The maximum absolute atomic E-state index is 11.2. The molecule has 0 fully saturated rings. The number of allylic oxidation sites excluding steroid dienone is 4. The van der Waals surface area contributed by atoms with Crippen LogP contribution in [0.3, 0.4) is 0 Å². The summed E-state index contributed by atoms with van der Waals surface area (Å²) < 4.78 is 2.33. The second kappa shape index (κ2) is 9.97. The highest BCUT2D eigenvalue weighted by atomic mass is 16.1. The summed E-state index contributed by atoms with van der Waals surface area (Å²) in [6.07, 6.45) is 12.0. The van der Waals surface area contributed by atoms with Gasteiger partial charge in [0.25, 0.3) is 0 Å². The van der Waals surface area contributed by atoms with Gasteiger partial charge in [0, 0.05) is 47.5 Å². The molecule has 3 nitrogen and oxygen atoms in total. The highest BCUT2D eigenvalue weighted by molar-refractivity contribution is 6.03. The molecule has 0 saturated heterocycles. The fourth-order valence-corrected chi connectivity index (χ4v) is 5.91. The molecule has 0 spiro atoms. The van der Waals surface area contributed by atoms with Crippen LogP contribution in [0.2, 0.25) is 0 Å². The number of carbonyl (C=O) groups is 1. The van der Waals surface area contributed by atoms with E-state index in [9.17, 15) is 4.79 Å². The van der Waals surface area contributed by atoms with E-state index in [2.05, 4.69) is 111 Å². The van der Waals surface area contributed by atoms with Gasteiger partial charge in [-0.25, -0.2) is 0 Å². The number of hydrogen-bond acceptors (Lipinski definition) is 2. The van der Waals surface area contributed by atoms with Crippen LogP contribution in [0, 0.1) is 0 Å². The van der Waals surface area contributed by atoms with Gasteiger partial charge < -0.3 is 9.69 Å². The molecule has 0 atom stereocenters. The number of anilines is 1. The van der Waals surface area contributed by atoms with Crippen LogP contribution in [0.15, 0.2) is 72.5 Å². The third-order valence-corrected chi connectivity index (χ3v) is 7.91. The largest absolute Gasteiger partial charge is 0.344 e. The molecule has 4 rings (SSSR count). The summed E-state index contributed by atoms with van der Waals surface area (Å²) in [4.78, 5) is 13.8. The van der Waals surface area contributed by atoms with E-state index in [1.54, 1.807) is 6.92 Å². The van der Waals surface area contributed by atoms with E-state index < -0.39 is 0 Å². The number of Topliss-reactive ketones (excluding diaryl/α,β-unsaturated/α-hetero) is 1. The number of rotatable bonds is 9. The van der Waals surface area contributed by atoms with Crippen LogP contribution in [0.4, 0.5) is 11.4 Å². The zero-order valence-electron chi connectivity index (χ0n) is 22.4. The van der Waals surface area contributed by atoms with Crippen molar-refractivity contribution in [2.45, 2.75) is 77.6 Å². The van der Waals surface area contributed by atoms with Crippen LogP contribution in [-0.2, 0) is 15.6 Å². The number of fused-ring (bicyclic) bond motifs is 2. The van der Waals surface area contributed by atoms with E-state index in [4.69, 9.17) is 0 Å². The zero-order valence-corrected chi connectivity index (χ0v) is 22.4. The molecule has 184 valence electrons. The summed E-state index contributed by atoms with van der Waals surface area (Å²) in [6, 6.07) is 17.6. The zero-order chi connectivity index (χ0) is 25.2. The molecule has 3 heteroatoms. The van der Waals surface area contributed by atoms with Crippen molar-refractivity contribution < 1.29 is 9.37 Å². The van der Waals surface area contributed by atoms with Crippen molar-refractivity contribution >= 4 is 22.9 Å². The molecule has 0 amide bonds. The number of benzene rings is 2. The van der Waals surface area contributed by atoms with Gasteiger partial charge in [-0.3, -0.25) is 0 Å². The molecule has 2 aromatic rings. The van der Waals surface area contributed by atoms with Crippen molar-refractivity contribution in [2.75, 3.05) is 18.5 Å². The Morgan fingerprint density at radius 1 is 0.886 bits per heavy atom. The van der Waals surface area contributed by atoms with Crippen molar-refractivity contribution in [3.63, 3.8) is 0 Å². The molecule has 2 aliphatic rings. The lowest BCUT2D eigenvalue weighted by atomic mass is 9.81. The first kappa shape index (κ1) is 25.2. The first-order valence-electron chi connectivity index (χ1n) is 13.1. The maximum atomic E-state index is 11.2. The SMILES string of the molecule is CC(=O)CCCCCCN1/C(=C/C=C/C2=[N+](C)c3ccccc3C2(C)C)C(C)(C)c2ccccc21. The fourth-order valence-electron chi connectivity index (χ4n) is 5.91. The Morgan fingerprint density at radius 2 is 1.54 bits per heavy atom. The minimum Gasteiger partial charge on any atom is -0.344 e. The van der Waals surface area contributed by atoms with Crippen LogP contribution in [0.5, 0.6) is 0 Å². The number of ketones is 1. The van der Waals surface area contributed by atoms with E-state index in [-0.39, 0.29) is 10.8 Å². The van der Waals surface area contributed by atoms with Gasteiger partial charge in [0.15, 0.2) is 5.71 Å². The Morgan fingerprint density at radius 3 is 2.26 bits per heavy atom. The summed E-state index contributed by atoms with van der Waals surface area (Å²) in [7, 11) is 2.17. The smallest absolute Gasteiger partial charge is 0.209 e. The standard InChI is InChI=1S/C32H41N2O/c1-24(35)16-9-7-8-14-23-34-28-20-13-11-18-26(28)32(4,5)30(34)22-15-21-29-31(2,3)25-17-10-12-19-27(25)33(29)6/h10-13,15,17-22H,7-9,14,16,23H2,1-6H3/q+1. The average molecular weight is 470 g/mol. The molecule has 2 heterocycles. The summed E-state index contributed by atoms with van der Waals surface area (Å²) in [5.41, 5.74) is 8.03. The van der Waals surface area contributed by atoms with Crippen LogP contribution in [0.1, 0.15) is 77.8 Å². The first-order chi connectivity index (χ1) is 16.7. The highest BCUT2D eigenvalue weighted by Gasteiger charge is 2.43. The third-order valence-electron chi connectivity index (χ3n) is 7.91. The van der Waals surface area contributed by atoms with Gasteiger partial charge in [0.1, 0.15) is 12.8 Å². The molecule has 35 heavy (non-hydrogen) atoms. The first-order valence-corrected chi connectivity index (χ1v) is 13.1. The summed E-state index contributed by atoms with van der Waals surface area (Å²) in [5.74, 6) is 0.300. The molecule has 2 aliphatic heterocycles. The van der Waals surface area contributed by atoms with E-state index >= 15 is 0 Å². The van der Waals surface area contributed by atoms with Gasteiger partial charge in [-0.2, -0.15) is 4.58 Å². The third kappa shape index (κ3) is 4.78. The van der Waals surface area contributed by atoms with Gasteiger partial charge in [-0.15, -0.1) is 0 Å². The lowest BCUT2D eigenvalue weighted by Gasteiger charge is -2.27. The predicted molar refractivity (Wildman–Crippen MR) is 148 cm³/mol. The Bertz CT molecular complexity index is 1200. The lowest BCUT2D eigenvalue weighted by molar-refractivity contribution is -0.401. The molecule has 0 aliphatic carbocycles. The van der Waals surface area contributed by atoms with Crippen LogP contribution in [0.25, 0.3) is 0 Å². The molecule has 0 unspecified atom stereocenters. The van der Waals surface area contributed by atoms with Crippen LogP contribution >= 0.6 is 0 Å². The van der Waals surface area contributed by atoms with E-state index in [1.807, 2.05) is 0 Å². The summed E-state index contributed by atoms with van der Waals surface area (Å²) in [6.45, 7) is 12.0. The average Bonchev–Trinajstić information content (AvgIpc) is 3.15. The van der Waals surface area contributed by atoms with E-state index in [0.717, 1.165) is 32.2 Å². The quantitative estimate of drug-likeness (QED) is 0.281. The molecule has 2 aromatic carbocycles. The Hall–Kier alpha value is -2.94. The van der Waals surface area contributed by atoms with Crippen molar-refractivity contribution in [2.24, 2.45) is 0 Å². The molecular weight excluding hydrogens is 428 g/mol. The minimum atomic E-state index is -0.0414. The van der Waals surface area contributed by atoms with Gasteiger partial charge in [-0.1, -0.05) is 69.2 Å². The Kier molecular flexibility index (Phi) is 7.17. The number of hydrogen-bond donors (Lipinski definition) is 0. The van der Waals surface area contributed by atoms with Gasteiger partial charge >= 0.3 is 0 Å². The number of unbranched alkanes of at least 4 members (excludes halogenated alkanes) is 3. The second-order valence-electron chi connectivity index (χ2n) is 11.2. The van der Waals surface area contributed by atoms with Crippen molar-refractivity contribution in [3.05, 3.63) is 83.6 Å². The minimum absolute atomic E-state index is 0.0198. The normalized spacial score (nSPS) is 19.0. The Labute approximate surface area is 211 Å². The number of para-hydroxylation sites is 2. The van der Waals surface area contributed by atoms with Crippen molar-refractivity contribution in [1.82, 2.24) is 0 Å². The van der Waals surface area contributed by atoms with Crippen molar-refractivity contribution in [1.29, 1.82) is 0 Å². The predicted octanol–water partition coefficient (Wildman–Crippen LogP) is 7.47. The number of nitrogens with zero attached hydrogens (tertiary/aromatic N) is 2.